The number of carboxylic acids is 1. The number of phenols is 1. The predicted octanol–water partition coefficient (Wildman–Crippen LogP) is 1.34. The molecule has 1 amide bonds. The van der Waals surface area contributed by atoms with Gasteiger partial charge >= 0.3 is 5.97 Å². The molecule has 0 aromatic heterocycles. The van der Waals surface area contributed by atoms with E-state index in [4.69, 9.17) is 9.84 Å². The molecule has 6 nitrogen and oxygen atoms in total. The number of rotatable bonds is 3. The van der Waals surface area contributed by atoms with Gasteiger partial charge in [-0.15, -0.1) is 0 Å². The summed E-state index contributed by atoms with van der Waals surface area (Å²) >= 11 is 0. The average Bonchev–Trinajstić information content (AvgIpc) is 2.79. The number of hydrogen-bond donors (Lipinski definition) is 2. The van der Waals surface area contributed by atoms with Gasteiger partial charge in [0.2, 0.25) is 0 Å². The first kappa shape index (κ1) is 14.2. The van der Waals surface area contributed by atoms with E-state index in [9.17, 15) is 14.7 Å². The number of benzene rings is 1. The quantitative estimate of drug-likeness (QED) is 0.871. The fourth-order valence-corrected chi connectivity index (χ4v) is 2.55. The standard InChI is InChI=1S/C14H17NO5/c1-8-10(14(18)19)5-6-15(8)13(17)9-3-4-12(20-2)11(16)7-9/h3-4,7-8,10,16H,5-6H2,1-2H3,(H,18,19). The van der Waals surface area contributed by atoms with E-state index in [0.717, 1.165) is 0 Å². The SMILES string of the molecule is COc1ccc(C(=O)N2CCC(C(=O)O)C2C)cc1O. The van der Waals surface area contributed by atoms with Crippen LogP contribution in [-0.4, -0.2) is 46.7 Å². The summed E-state index contributed by atoms with van der Waals surface area (Å²) in [5.41, 5.74) is 0.321. The zero-order chi connectivity index (χ0) is 14.9. The van der Waals surface area contributed by atoms with Crippen LogP contribution in [0.5, 0.6) is 11.5 Å². The smallest absolute Gasteiger partial charge is 0.308 e. The van der Waals surface area contributed by atoms with Crippen molar-refractivity contribution >= 4 is 11.9 Å². The molecule has 0 aliphatic carbocycles. The Morgan fingerprint density at radius 3 is 2.60 bits per heavy atom. The second-order valence-electron chi connectivity index (χ2n) is 4.86. The normalized spacial score (nSPS) is 21.8. The van der Waals surface area contributed by atoms with Gasteiger partial charge in [0.05, 0.1) is 13.0 Å². The van der Waals surface area contributed by atoms with Crippen molar-refractivity contribution in [3.05, 3.63) is 23.8 Å². The fourth-order valence-electron chi connectivity index (χ4n) is 2.55. The average molecular weight is 279 g/mol. The first-order chi connectivity index (χ1) is 9.45. The number of nitrogens with zero attached hydrogens (tertiary/aromatic N) is 1. The summed E-state index contributed by atoms with van der Waals surface area (Å²) in [6, 6.07) is 4.05. The molecular weight excluding hydrogens is 262 g/mol. The van der Waals surface area contributed by atoms with Crippen LogP contribution < -0.4 is 4.74 Å². The van der Waals surface area contributed by atoms with Crippen molar-refractivity contribution in [1.29, 1.82) is 0 Å². The number of likely N-dealkylation sites (tertiary alicyclic amines) is 1. The first-order valence-electron chi connectivity index (χ1n) is 6.36. The van der Waals surface area contributed by atoms with Crippen LogP contribution in [0.25, 0.3) is 0 Å². The highest BCUT2D eigenvalue weighted by molar-refractivity contribution is 5.95. The Morgan fingerprint density at radius 1 is 1.40 bits per heavy atom. The second kappa shape index (κ2) is 5.40. The Hall–Kier alpha value is -2.24. The van der Waals surface area contributed by atoms with Crippen molar-refractivity contribution in [2.24, 2.45) is 5.92 Å². The number of aliphatic carboxylic acids is 1. The van der Waals surface area contributed by atoms with E-state index in [1.54, 1.807) is 13.0 Å². The molecule has 2 rings (SSSR count). The van der Waals surface area contributed by atoms with E-state index < -0.39 is 11.9 Å². The maximum atomic E-state index is 12.4. The zero-order valence-electron chi connectivity index (χ0n) is 11.4. The number of phenolic OH excluding ortho intramolecular Hbond substituents is 1. The zero-order valence-corrected chi connectivity index (χ0v) is 11.4. The number of carbonyl (C=O) groups is 2. The lowest BCUT2D eigenvalue weighted by Crippen LogP contribution is -2.37. The minimum atomic E-state index is -0.884. The second-order valence-corrected chi connectivity index (χ2v) is 4.86. The van der Waals surface area contributed by atoms with Gasteiger partial charge in [0.25, 0.3) is 5.91 Å². The van der Waals surface area contributed by atoms with Gasteiger partial charge in [0.15, 0.2) is 11.5 Å². The molecule has 1 aromatic carbocycles. The third-order valence-corrected chi connectivity index (χ3v) is 3.76. The highest BCUT2D eigenvalue weighted by atomic mass is 16.5. The maximum Gasteiger partial charge on any atom is 0.308 e. The first-order valence-corrected chi connectivity index (χ1v) is 6.36. The van der Waals surface area contributed by atoms with Crippen molar-refractivity contribution in [1.82, 2.24) is 4.90 Å². The van der Waals surface area contributed by atoms with Crippen molar-refractivity contribution in [2.45, 2.75) is 19.4 Å². The number of carboxylic acid groups (broad SMARTS) is 1. The monoisotopic (exact) mass is 279 g/mol. The molecule has 0 spiro atoms. The molecule has 20 heavy (non-hydrogen) atoms. The van der Waals surface area contributed by atoms with Gasteiger partial charge in [-0.3, -0.25) is 9.59 Å². The molecule has 108 valence electrons. The van der Waals surface area contributed by atoms with E-state index in [0.29, 0.717) is 24.3 Å². The Bertz CT molecular complexity index is 542. The molecule has 2 atom stereocenters. The summed E-state index contributed by atoms with van der Waals surface area (Å²) in [5.74, 6) is -1.52. The van der Waals surface area contributed by atoms with Gasteiger partial charge in [0.1, 0.15) is 0 Å². The molecule has 1 aliphatic heterocycles. The largest absolute Gasteiger partial charge is 0.504 e. The van der Waals surface area contributed by atoms with Crippen molar-refractivity contribution in [2.75, 3.05) is 13.7 Å². The highest BCUT2D eigenvalue weighted by Gasteiger charge is 2.38. The van der Waals surface area contributed by atoms with Gasteiger partial charge < -0.3 is 19.8 Å². The fraction of sp³-hybridized carbons (Fsp3) is 0.429. The van der Waals surface area contributed by atoms with Crippen LogP contribution in [-0.2, 0) is 4.79 Å². The van der Waals surface area contributed by atoms with Gasteiger partial charge in [0, 0.05) is 18.2 Å². The van der Waals surface area contributed by atoms with Crippen LogP contribution >= 0.6 is 0 Å². The minimum Gasteiger partial charge on any atom is -0.504 e. The molecule has 6 heteroatoms. The lowest BCUT2D eigenvalue weighted by Gasteiger charge is -2.23. The highest BCUT2D eigenvalue weighted by Crippen LogP contribution is 2.30. The number of hydrogen-bond acceptors (Lipinski definition) is 4. The Morgan fingerprint density at radius 2 is 2.10 bits per heavy atom. The van der Waals surface area contributed by atoms with Crippen LogP contribution in [0.3, 0.4) is 0 Å². The molecule has 0 saturated carbocycles. The molecule has 1 heterocycles. The number of methoxy groups -OCH3 is 1. The Labute approximate surface area is 116 Å². The lowest BCUT2D eigenvalue weighted by atomic mass is 10.0. The van der Waals surface area contributed by atoms with E-state index in [1.165, 1.54) is 24.1 Å². The number of amides is 1. The third kappa shape index (κ3) is 2.41. The summed E-state index contributed by atoms with van der Waals surface area (Å²) in [5, 5.41) is 18.8. The lowest BCUT2D eigenvalue weighted by molar-refractivity contribution is -0.142. The molecule has 1 aromatic rings. The van der Waals surface area contributed by atoms with Crippen molar-refractivity contribution < 1.29 is 24.5 Å². The van der Waals surface area contributed by atoms with Gasteiger partial charge in [-0.2, -0.15) is 0 Å². The third-order valence-electron chi connectivity index (χ3n) is 3.76. The van der Waals surface area contributed by atoms with E-state index in [2.05, 4.69) is 0 Å². The number of carbonyl (C=O) groups excluding carboxylic acids is 1. The molecule has 0 bridgehead atoms. The molecule has 2 N–H and O–H groups in total. The summed E-state index contributed by atoms with van der Waals surface area (Å²) in [6.45, 7) is 2.14. The van der Waals surface area contributed by atoms with E-state index in [1.807, 2.05) is 0 Å². The van der Waals surface area contributed by atoms with E-state index >= 15 is 0 Å². The summed E-state index contributed by atoms with van der Waals surface area (Å²) in [6.07, 6.45) is 0.449. The topological polar surface area (TPSA) is 87.1 Å². The summed E-state index contributed by atoms with van der Waals surface area (Å²) < 4.78 is 4.92. The van der Waals surface area contributed by atoms with Crippen LogP contribution in [0.2, 0.25) is 0 Å². The van der Waals surface area contributed by atoms with Crippen LogP contribution in [0.15, 0.2) is 18.2 Å². The maximum absolute atomic E-state index is 12.4. The summed E-state index contributed by atoms with van der Waals surface area (Å²) in [7, 11) is 1.43. The van der Waals surface area contributed by atoms with Crippen LogP contribution in [0.4, 0.5) is 0 Å². The van der Waals surface area contributed by atoms with Crippen molar-refractivity contribution in [3.63, 3.8) is 0 Å². The Kier molecular flexibility index (Phi) is 3.83. The molecule has 1 fully saturated rings. The predicted molar refractivity (Wildman–Crippen MR) is 70.9 cm³/mol. The summed E-state index contributed by atoms with van der Waals surface area (Å²) in [4.78, 5) is 24.9. The van der Waals surface area contributed by atoms with Crippen LogP contribution in [0.1, 0.15) is 23.7 Å². The molecule has 0 radical (unpaired) electrons. The van der Waals surface area contributed by atoms with Gasteiger partial charge in [-0.1, -0.05) is 0 Å². The number of aromatic hydroxyl groups is 1. The van der Waals surface area contributed by atoms with Gasteiger partial charge in [-0.25, -0.2) is 0 Å². The van der Waals surface area contributed by atoms with Crippen LogP contribution in [0, 0.1) is 5.92 Å². The van der Waals surface area contributed by atoms with Gasteiger partial charge in [-0.05, 0) is 31.5 Å². The minimum absolute atomic E-state index is 0.111. The molecule has 1 saturated heterocycles. The molecular formula is C14H17NO5. The molecule has 2 unspecified atom stereocenters. The van der Waals surface area contributed by atoms with Crippen molar-refractivity contribution in [3.8, 4) is 11.5 Å². The molecule has 1 aliphatic rings. The number of ether oxygens (including phenoxy) is 1. The Balaban J connectivity index is 2.20. The van der Waals surface area contributed by atoms with E-state index in [-0.39, 0.29) is 17.7 Å².